The van der Waals surface area contributed by atoms with Crippen LogP contribution in [-0.4, -0.2) is 54.4 Å². The quantitative estimate of drug-likeness (QED) is 0.586. The van der Waals surface area contributed by atoms with Gasteiger partial charge < -0.3 is 19.5 Å². The lowest BCUT2D eigenvalue weighted by Crippen LogP contribution is -2.41. The Morgan fingerprint density at radius 1 is 1.23 bits per heavy atom. The maximum atomic E-state index is 12.3. The fraction of sp³-hybridized carbons (Fsp3) is 0.391. The van der Waals surface area contributed by atoms with Gasteiger partial charge in [0.05, 0.1) is 12.2 Å². The average Bonchev–Trinajstić information content (AvgIpc) is 3.30. The number of nitrogens with one attached hydrogen (secondary N) is 1. The molecule has 0 saturated carbocycles. The molecule has 1 aliphatic heterocycles. The smallest absolute Gasteiger partial charge is 0.261 e. The molecule has 1 saturated heterocycles. The van der Waals surface area contributed by atoms with Crippen LogP contribution >= 0.6 is 0 Å². The van der Waals surface area contributed by atoms with E-state index in [-0.39, 0.29) is 11.8 Å². The number of hydrogen-bond donors (Lipinski definition) is 1. The molecule has 3 heterocycles. The summed E-state index contributed by atoms with van der Waals surface area (Å²) >= 11 is 0. The van der Waals surface area contributed by atoms with E-state index in [0.29, 0.717) is 24.9 Å². The molecule has 1 amide bonds. The van der Waals surface area contributed by atoms with E-state index in [9.17, 15) is 4.79 Å². The first-order chi connectivity index (χ1) is 15.2. The Hall–Kier alpha value is -3.26. The van der Waals surface area contributed by atoms with E-state index < -0.39 is 0 Å². The number of benzene rings is 1. The molecule has 8 nitrogen and oxygen atoms in total. The summed E-state index contributed by atoms with van der Waals surface area (Å²) in [6.07, 6.45) is 3.31. The first-order valence-electron chi connectivity index (χ1n) is 10.5. The maximum Gasteiger partial charge on any atom is 0.261 e. The number of methoxy groups -OCH3 is 1. The summed E-state index contributed by atoms with van der Waals surface area (Å²) in [7, 11) is 1.63. The molecule has 0 bridgehead atoms. The summed E-state index contributed by atoms with van der Waals surface area (Å²) in [5, 5.41) is 7.09. The molecule has 0 aliphatic carbocycles. The molecule has 162 valence electrons. The lowest BCUT2D eigenvalue weighted by Gasteiger charge is -2.32. The molecular weight excluding hydrogens is 394 g/mol. The minimum absolute atomic E-state index is 0.0109. The number of pyridine rings is 1. The minimum Gasteiger partial charge on any atom is -0.383 e. The van der Waals surface area contributed by atoms with Crippen LogP contribution < -0.4 is 10.2 Å². The second-order valence-electron chi connectivity index (χ2n) is 7.71. The number of aromatic nitrogens is 3. The lowest BCUT2D eigenvalue weighted by molar-refractivity contribution is -0.125. The van der Waals surface area contributed by atoms with Crippen molar-refractivity contribution in [2.45, 2.75) is 19.8 Å². The Balaban J connectivity index is 1.46. The predicted octanol–water partition coefficient (Wildman–Crippen LogP) is 3.09. The molecule has 0 unspecified atom stereocenters. The zero-order valence-corrected chi connectivity index (χ0v) is 17.9. The van der Waals surface area contributed by atoms with Crippen molar-refractivity contribution in [2.24, 2.45) is 5.92 Å². The van der Waals surface area contributed by atoms with Crippen molar-refractivity contribution < 1.29 is 14.1 Å². The Labute approximate surface area is 181 Å². The summed E-state index contributed by atoms with van der Waals surface area (Å²) in [6.45, 7) is 4.59. The Bertz CT molecular complexity index is 1010. The molecule has 0 radical (unpaired) electrons. The van der Waals surface area contributed by atoms with Gasteiger partial charge in [0.1, 0.15) is 5.82 Å². The standard InChI is InChI=1S/C23H27N5O3/c1-16-5-7-17(8-6-16)20-26-23(31-27-20)19-4-3-11-24-21(19)28-13-9-18(10-14-28)22(29)25-12-15-30-2/h3-8,11,18H,9-10,12-15H2,1-2H3,(H,25,29). The molecular formula is C23H27N5O3. The van der Waals surface area contributed by atoms with Crippen LogP contribution in [0.15, 0.2) is 47.1 Å². The van der Waals surface area contributed by atoms with Crippen molar-refractivity contribution in [3.05, 3.63) is 48.2 Å². The van der Waals surface area contributed by atoms with Crippen LogP contribution in [0.1, 0.15) is 18.4 Å². The fourth-order valence-corrected chi connectivity index (χ4v) is 3.74. The van der Waals surface area contributed by atoms with Gasteiger partial charge in [-0.2, -0.15) is 4.98 Å². The summed E-state index contributed by atoms with van der Waals surface area (Å²) in [5.74, 6) is 1.91. The predicted molar refractivity (Wildman–Crippen MR) is 118 cm³/mol. The lowest BCUT2D eigenvalue weighted by atomic mass is 9.95. The van der Waals surface area contributed by atoms with Crippen LogP contribution in [0.4, 0.5) is 5.82 Å². The zero-order valence-electron chi connectivity index (χ0n) is 17.9. The molecule has 1 aliphatic rings. The Morgan fingerprint density at radius 2 is 2.00 bits per heavy atom. The topological polar surface area (TPSA) is 93.4 Å². The third kappa shape index (κ3) is 4.91. The number of nitrogens with zero attached hydrogens (tertiary/aromatic N) is 4. The van der Waals surface area contributed by atoms with E-state index in [1.807, 2.05) is 43.3 Å². The van der Waals surface area contributed by atoms with E-state index in [1.54, 1.807) is 13.3 Å². The number of carbonyl (C=O) groups is 1. The second kappa shape index (κ2) is 9.70. The van der Waals surface area contributed by atoms with E-state index in [2.05, 4.69) is 25.3 Å². The van der Waals surface area contributed by atoms with Gasteiger partial charge in [0, 0.05) is 44.4 Å². The van der Waals surface area contributed by atoms with Crippen molar-refractivity contribution in [1.29, 1.82) is 0 Å². The van der Waals surface area contributed by atoms with E-state index in [4.69, 9.17) is 9.26 Å². The zero-order chi connectivity index (χ0) is 21.6. The van der Waals surface area contributed by atoms with Crippen molar-refractivity contribution >= 4 is 11.7 Å². The van der Waals surface area contributed by atoms with E-state index in [1.165, 1.54) is 5.56 Å². The molecule has 0 atom stereocenters. The molecule has 31 heavy (non-hydrogen) atoms. The van der Waals surface area contributed by atoms with Crippen LogP contribution in [0.2, 0.25) is 0 Å². The summed E-state index contributed by atoms with van der Waals surface area (Å²) in [5.41, 5.74) is 2.89. The number of ether oxygens (including phenoxy) is 1. The van der Waals surface area contributed by atoms with Crippen molar-refractivity contribution in [2.75, 3.05) is 38.3 Å². The highest BCUT2D eigenvalue weighted by atomic mass is 16.5. The van der Waals surface area contributed by atoms with Crippen LogP contribution in [0, 0.1) is 12.8 Å². The Morgan fingerprint density at radius 3 is 2.74 bits per heavy atom. The summed E-state index contributed by atoms with van der Waals surface area (Å²) in [6, 6.07) is 11.8. The van der Waals surface area contributed by atoms with Crippen molar-refractivity contribution in [3.8, 4) is 22.8 Å². The molecule has 1 aromatic carbocycles. The van der Waals surface area contributed by atoms with Gasteiger partial charge in [-0.3, -0.25) is 4.79 Å². The number of carbonyl (C=O) groups excluding carboxylic acids is 1. The normalized spacial score (nSPS) is 14.6. The fourth-order valence-electron chi connectivity index (χ4n) is 3.74. The number of hydrogen-bond acceptors (Lipinski definition) is 7. The molecule has 1 fully saturated rings. The number of amides is 1. The molecule has 0 spiro atoms. The van der Waals surface area contributed by atoms with Gasteiger partial charge in [-0.1, -0.05) is 35.0 Å². The first kappa shape index (κ1) is 21.0. The van der Waals surface area contributed by atoms with Gasteiger partial charge in [0.2, 0.25) is 11.7 Å². The monoisotopic (exact) mass is 421 g/mol. The van der Waals surface area contributed by atoms with Crippen LogP contribution in [0.3, 0.4) is 0 Å². The minimum atomic E-state index is 0.0109. The van der Waals surface area contributed by atoms with Gasteiger partial charge >= 0.3 is 0 Å². The highest BCUT2D eigenvalue weighted by molar-refractivity contribution is 5.79. The number of anilines is 1. The largest absolute Gasteiger partial charge is 0.383 e. The summed E-state index contributed by atoms with van der Waals surface area (Å²) < 4.78 is 10.6. The van der Waals surface area contributed by atoms with Crippen molar-refractivity contribution in [1.82, 2.24) is 20.4 Å². The van der Waals surface area contributed by atoms with Crippen molar-refractivity contribution in [3.63, 3.8) is 0 Å². The molecule has 2 aromatic heterocycles. The third-order valence-corrected chi connectivity index (χ3v) is 5.52. The van der Waals surface area contributed by atoms with Gasteiger partial charge in [0.25, 0.3) is 5.89 Å². The first-order valence-corrected chi connectivity index (χ1v) is 10.5. The molecule has 4 rings (SSSR count). The number of aryl methyl sites for hydroxylation is 1. The van der Waals surface area contributed by atoms with Crippen LogP contribution in [0.25, 0.3) is 22.8 Å². The maximum absolute atomic E-state index is 12.3. The highest BCUT2D eigenvalue weighted by Crippen LogP contribution is 2.31. The summed E-state index contributed by atoms with van der Waals surface area (Å²) in [4.78, 5) is 23.7. The Kier molecular flexibility index (Phi) is 6.57. The van der Waals surface area contributed by atoms with Gasteiger partial charge in [-0.05, 0) is 31.9 Å². The van der Waals surface area contributed by atoms with Gasteiger partial charge in [0.15, 0.2) is 0 Å². The third-order valence-electron chi connectivity index (χ3n) is 5.52. The van der Waals surface area contributed by atoms with Crippen LogP contribution in [-0.2, 0) is 9.53 Å². The molecule has 1 N–H and O–H groups in total. The second-order valence-corrected chi connectivity index (χ2v) is 7.71. The van der Waals surface area contributed by atoms with Crippen LogP contribution in [0.5, 0.6) is 0 Å². The highest BCUT2D eigenvalue weighted by Gasteiger charge is 2.27. The van der Waals surface area contributed by atoms with E-state index >= 15 is 0 Å². The average molecular weight is 422 g/mol. The SMILES string of the molecule is COCCNC(=O)C1CCN(c2ncccc2-c2nc(-c3ccc(C)cc3)no2)CC1. The number of rotatable bonds is 7. The van der Waals surface area contributed by atoms with Gasteiger partial charge in [-0.25, -0.2) is 4.98 Å². The molecule has 8 heteroatoms. The van der Waals surface area contributed by atoms with Gasteiger partial charge in [-0.15, -0.1) is 0 Å². The molecule has 3 aromatic rings. The number of piperidine rings is 1. The van der Waals surface area contributed by atoms with E-state index in [0.717, 1.165) is 42.9 Å².